The van der Waals surface area contributed by atoms with Gasteiger partial charge in [-0.25, -0.2) is 15.5 Å². The third-order valence-electron chi connectivity index (χ3n) is 3.87. The summed E-state index contributed by atoms with van der Waals surface area (Å²) >= 11 is 0. The van der Waals surface area contributed by atoms with E-state index in [0.717, 1.165) is 24.3 Å². The molecule has 7 N–H and O–H groups in total. The lowest BCUT2D eigenvalue weighted by molar-refractivity contribution is -0.187. The molecule has 0 aliphatic carbocycles. The van der Waals surface area contributed by atoms with Gasteiger partial charge >= 0.3 is 11.9 Å². The minimum absolute atomic E-state index is 0.391. The zero-order valence-corrected chi connectivity index (χ0v) is 14.2. The fourth-order valence-electron chi connectivity index (χ4n) is 2.43. The lowest BCUT2D eigenvalue weighted by Gasteiger charge is -2.34. The van der Waals surface area contributed by atoms with Crippen molar-refractivity contribution in [2.24, 2.45) is 5.90 Å². The van der Waals surface area contributed by atoms with Crippen molar-refractivity contribution in [3.8, 4) is 0 Å². The number of carboxylic acids is 2. The number of benzene rings is 2. The molecule has 0 bridgehead atoms. The summed E-state index contributed by atoms with van der Waals surface area (Å²) in [5.41, 5.74) is -8.68. The molecule has 0 saturated carbocycles. The number of aliphatic hydroxyl groups is 2. The van der Waals surface area contributed by atoms with E-state index < -0.39 is 45.8 Å². The zero-order valence-electron chi connectivity index (χ0n) is 14.2. The molecule has 0 fully saturated rings. The molecule has 2 aromatic carbocycles. The molecule has 0 aromatic heterocycles. The lowest BCUT2D eigenvalue weighted by Crippen LogP contribution is -2.71. The number of aliphatic carboxylic acids is 2. The zero-order chi connectivity index (χ0) is 21.5. The SMILES string of the molecule is NO.O=C(O)C(O)(C(=O)c1ccccc1)C(O)(C(=O)O)C(=O)c1ccccc1. The van der Waals surface area contributed by atoms with Crippen LogP contribution in [-0.2, 0) is 9.59 Å². The van der Waals surface area contributed by atoms with Crippen LogP contribution in [0.15, 0.2) is 60.7 Å². The van der Waals surface area contributed by atoms with E-state index in [4.69, 9.17) is 5.21 Å². The van der Waals surface area contributed by atoms with Crippen LogP contribution in [-0.4, -0.2) is 60.3 Å². The molecule has 2 rings (SSSR count). The van der Waals surface area contributed by atoms with Crippen molar-refractivity contribution in [2.75, 3.05) is 0 Å². The predicted octanol–water partition coefficient (Wildman–Crippen LogP) is -0.282. The van der Waals surface area contributed by atoms with Gasteiger partial charge in [0.15, 0.2) is 0 Å². The van der Waals surface area contributed by atoms with Crippen molar-refractivity contribution in [3.05, 3.63) is 71.8 Å². The molecule has 2 aromatic rings. The molecule has 0 heterocycles. The van der Waals surface area contributed by atoms with E-state index in [1.54, 1.807) is 0 Å². The predicted molar refractivity (Wildman–Crippen MR) is 92.7 cm³/mol. The van der Waals surface area contributed by atoms with Crippen LogP contribution in [0.5, 0.6) is 0 Å². The molecule has 0 radical (unpaired) electrons. The highest BCUT2D eigenvalue weighted by Crippen LogP contribution is 2.31. The van der Waals surface area contributed by atoms with Gasteiger partial charge in [0.05, 0.1) is 0 Å². The lowest BCUT2D eigenvalue weighted by atomic mass is 9.73. The molecule has 0 aliphatic rings. The van der Waals surface area contributed by atoms with Gasteiger partial charge in [-0.1, -0.05) is 60.7 Å². The van der Waals surface area contributed by atoms with Crippen molar-refractivity contribution in [1.82, 2.24) is 0 Å². The smallest absolute Gasteiger partial charge is 0.348 e. The van der Waals surface area contributed by atoms with Gasteiger partial charge in [-0.3, -0.25) is 9.59 Å². The van der Waals surface area contributed by atoms with E-state index in [2.05, 4.69) is 5.90 Å². The highest BCUT2D eigenvalue weighted by atomic mass is 16.5. The summed E-state index contributed by atoms with van der Waals surface area (Å²) in [5, 5.41) is 46.4. The van der Waals surface area contributed by atoms with Crippen LogP contribution in [0, 0.1) is 0 Å². The van der Waals surface area contributed by atoms with Crippen LogP contribution in [0.25, 0.3) is 0 Å². The van der Waals surface area contributed by atoms with Crippen molar-refractivity contribution < 1.29 is 44.8 Å². The van der Waals surface area contributed by atoms with Gasteiger partial charge in [0.1, 0.15) is 0 Å². The van der Waals surface area contributed by atoms with Crippen LogP contribution >= 0.6 is 0 Å². The fourth-order valence-corrected chi connectivity index (χ4v) is 2.43. The van der Waals surface area contributed by atoms with Crippen LogP contribution < -0.4 is 5.90 Å². The van der Waals surface area contributed by atoms with E-state index in [9.17, 15) is 39.6 Å². The van der Waals surface area contributed by atoms with Gasteiger partial charge in [-0.05, 0) is 0 Å². The molecular weight excluding hydrogens is 374 g/mol. The molecular formula is C18H17NO9. The number of Topliss-reactive ketones (excluding diaryl/α,β-unsaturated/α-hetero) is 2. The minimum Gasteiger partial charge on any atom is -0.479 e. The van der Waals surface area contributed by atoms with E-state index in [-0.39, 0.29) is 0 Å². The quantitative estimate of drug-likeness (QED) is 0.207. The summed E-state index contributed by atoms with van der Waals surface area (Å²) < 4.78 is 0. The van der Waals surface area contributed by atoms with Crippen LogP contribution in [0.1, 0.15) is 20.7 Å². The maximum absolute atomic E-state index is 12.6. The van der Waals surface area contributed by atoms with Crippen molar-refractivity contribution in [3.63, 3.8) is 0 Å². The average molecular weight is 391 g/mol. The molecule has 0 saturated heterocycles. The fraction of sp³-hybridized carbons (Fsp3) is 0.111. The molecule has 2 unspecified atom stereocenters. The summed E-state index contributed by atoms with van der Waals surface area (Å²) in [7, 11) is 0. The van der Waals surface area contributed by atoms with Gasteiger partial charge < -0.3 is 25.6 Å². The number of carbonyl (C=O) groups excluding carboxylic acids is 2. The molecule has 2 atom stereocenters. The Morgan fingerprint density at radius 3 is 1.07 bits per heavy atom. The van der Waals surface area contributed by atoms with Gasteiger partial charge in [-0.15, -0.1) is 0 Å². The van der Waals surface area contributed by atoms with Crippen LogP contribution in [0.4, 0.5) is 0 Å². The van der Waals surface area contributed by atoms with E-state index >= 15 is 0 Å². The Morgan fingerprint density at radius 1 is 0.607 bits per heavy atom. The largest absolute Gasteiger partial charge is 0.479 e. The van der Waals surface area contributed by atoms with Crippen LogP contribution in [0.2, 0.25) is 0 Å². The Labute approximate surface area is 158 Å². The first-order valence-corrected chi connectivity index (χ1v) is 7.54. The summed E-state index contributed by atoms with van der Waals surface area (Å²) in [6.07, 6.45) is 0. The second-order valence-corrected chi connectivity index (χ2v) is 5.42. The monoisotopic (exact) mass is 391 g/mol. The molecule has 148 valence electrons. The number of rotatable bonds is 7. The Bertz CT molecular complexity index is 796. The number of hydrogen-bond donors (Lipinski definition) is 6. The number of nitrogens with two attached hydrogens (primary N) is 1. The summed E-state index contributed by atoms with van der Waals surface area (Å²) in [6.45, 7) is 0. The summed E-state index contributed by atoms with van der Waals surface area (Å²) in [5.74, 6) is -4.53. The maximum atomic E-state index is 12.6. The van der Waals surface area contributed by atoms with E-state index in [0.29, 0.717) is 0 Å². The standard InChI is InChI=1S/C18H14O8.H3NO/c19-13(11-7-3-1-4-8-11)17(25,15(21)22)18(26,16(23)24)14(20)12-9-5-2-6-10-12;1-2/h1-10,25-26H,(H,21,22)(H,23,24);2H,1H2. The van der Waals surface area contributed by atoms with Crippen molar-refractivity contribution in [1.29, 1.82) is 0 Å². The minimum atomic E-state index is -3.95. The highest BCUT2D eigenvalue weighted by molar-refractivity contribution is 6.28. The number of ketones is 2. The molecule has 0 aliphatic heterocycles. The highest BCUT2D eigenvalue weighted by Gasteiger charge is 2.69. The normalized spacial score (nSPS) is 14.4. The number of hydrogen-bond acceptors (Lipinski definition) is 8. The average Bonchev–Trinajstić information content (AvgIpc) is 2.73. The third kappa shape index (κ3) is 3.66. The second kappa shape index (κ2) is 8.97. The first kappa shape index (κ1) is 22.6. The summed E-state index contributed by atoms with van der Waals surface area (Å²) in [4.78, 5) is 48.5. The van der Waals surface area contributed by atoms with Gasteiger partial charge in [0, 0.05) is 11.1 Å². The number of carbonyl (C=O) groups is 4. The third-order valence-corrected chi connectivity index (χ3v) is 3.87. The second-order valence-electron chi connectivity index (χ2n) is 5.42. The maximum Gasteiger partial charge on any atom is 0.348 e. The van der Waals surface area contributed by atoms with Crippen LogP contribution in [0.3, 0.4) is 0 Å². The van der Waals surface area contributed by atoms with Crippen molar-refractivity contribution >= 4 is 23.5 Å². The molecule has 0 amide bonds. The molecule has 28 heavy (non-hydrogen) atoms. The van der Waals surface area contributed by atoms with E-state index in [1.807, 2.05) is 0 Å². The van der Waals surface area contributed by atoms with Gasteiger partial charge in [-0.2, -0.15) is 0 Å². The Kier molecular flexibility index (Phi) is 7.24. The molecule has 10 nitrogen and oxygen atoms in total. The first-order chi connectivity index (χ1) is 13.2. The van der Waals surface area contributed by atoms with E-state index in [1.165, 1.54) is 36.4 Å². The molecule has 0 spiro atoms. The Balaban J connectivity index is 0.00000190. The first-order valence-electron chi connectivity index (χ1n) is 7.54. The Hall–Kier alpha value is -3.44. The van der Waals surface area contributed by atoms with Crippen molar-refractivity contribution in [2.45, 2.75) is 11.2 Å². The topological polar surface area (TPSA) is 195 Å². The number of carboxylic acid groups (broad SMARTS) is 2. The summed E-state index contributed by atoms with van der Waals surface area (Å²) in [6, 6.07) is 12.8. The van der Waals surface area contributed by atoms with Gasteiger partial charge in [0.2, 0.25) is 11.6 Å². The Morgan fingerprint density at radius 2 is 0.857 bits per heavy atom. The molecule has 10 heteroatoms. The van der Waals surface area contributed by atoms with Gasteiger partial charge in [0.25, 0.3) is 11.2 Å².